The highest BCUT2D eigenvalue weighted by Gasteiger charge is 2.39. The molecule has 0 radical (unpaired) electrons. The van der Waals surface area contributed by atoms with Crippen molar-refractivity contribution in [2.24, 2.45) is 5.41 Å². The van der Waals surface area contributed by atoms with Gasteiger partial charge in [0.05, 0.1) is 5.01 Å². The summed E-state index contributed by atoms with van der Waals surface area (Å²) >= 11 is 1.56. The average molecular weight is 420 g/mol. The van der Waals surface area contributed by atoms with Crippen molar-refractivity contribution < 1.29 is 9.59 Å². The summed E-state index contributed by atoms with van der Waals surface area (Å²) in [5.41, 5.74) is 0.960. The van der Waals surface area contributed by atoms with Crippen LogP contribution >= 0.6 is 11.3 Å². The zero-order chi connectivity index (χ0) is 20.5. The number of hydrogen-bond donors (Lipinski definition) is 0. The third kappa shape index (κ3) is 6.61. The lowest BCUT2D eigenvalue weighted by atomic mass is 9.72. The van der Waals surface area contributed by atoms with Crippen LogP contribution in [0.15, 0.2) is 5.38 Å². The predicted molar refractivity (Wildman–Crippen MR) is 118 cm³/mol. The largest absolute Gasteiger partial charge is 0.337 e. The maximum atomic E-state index is 12.8. The van der Waals surface area contributed by atoms with E-state index in [1.807, 2.05) is 12.3 Å². The number of aldehydes is 1. The standard InChI is InChI=1S/C23H37N3O2S/c1-20-24-21(18-29-20)22(28)26-14-9-10-23(19-26)11-15-25(16-12-23)13-7-5-3-2-4-6-8-17-27/h17-18H,2-16,19H2,1H3. The first-order valence-electron chi connectivity index (χ1n) is 11.5. The number of nitrogens with zero attached hydrogens (tertiary/aromatic N) is 3. The highest BCUT2D eigenvalue weighted by molar-refractivity contribution is 7.09. The lowest BCUT2D eigenvalue weighted by Crippen LogP contribution is -2.51. The zero-order valence-electron chi connectivity index (χ0n) is 18.0. The van der Waals surface area contributed by atoms with Crippen molar-refractivity contribution in [2.75, 3.05) is 32.7 Å². The maximum Gasteiger partial charge on any atom is 0.273 e. The van der Waals surface area contributed by atoms with Crippen LogP contribution in [0.1, 0.15) is 86.1 Å². The number of thiazole rings is 1. The molecular weight excluding hydrogens is 382 g/mol. The van der Waals surface area contributed by atoms with E-state index in [-0.39, 0.29) is 5.91 Å². The topological polar surface area (TPSA) is 53.5 Å². The second-order valence-electron chi connectivity index (χ2n) is 9.00. The molecule has 0 bridgehead atoms. The van der Waals surface area contributed by atoms with Gasteiger partial charge >= 0.3 is 0 Å². The van der Waals surface area contributed by atoms with Crippen molar-refractivity contribution in [1.82, 2.24) is 14.8 Å². The molecule has 29 heavy (non-hydrogen) atoms. The number of hydrogen-bond acceptors (Lipinski definition) is 5. The zero-order valence-corrected chi connectivity index (χ0v) is 18.9. The Morgan fingerprint density at radius 1 is 1.10 bits per heavy atom. The van der Waals surface area contributed by atoms with E-state index in [4.69, 9.17) is 0 Å². The Balaban J connectivity index is 1.35. The average Bonchev–Trinajstić information content (AvgIpc) is 3.17. The third-order valence-corrected chi connectivity index (χ3v) is 7.52. The molecule has 0 aromatic carbocycles. The number of aryl methyl sites for hydroxylation is 1. The molecule has 0 saturated carbocycles. The fourth-order valence-corrected chi connectivity index (χ4v) is 5.52. The van der Waals surface area contributed by atoms with Gasteiger partial charge in [0.25, 0.3) is 5.91 Å². The molecule has 0 N–H and O–H groups in total. The summed E-state index contributed by atoms with van der Waals surface area (Å²) in [5, 5.41) is 2.87. The summed E-state index contributed by atoms with van der Waals surface area (Å²) in [7, 11) is 0. The summed E-state index contributed by atoms with van der Waals surface area (Å²) in [6.07, 6.45) is 14.0. The molecule has 2 aliphatic heterocycles. The number of amides is 1. The van der Waals surface area contributed by atoms with Gasteiger partial charge < -0.3 is 14.6 Å². The van der Waals surface area contributed by atoms with Gasteiger partial charge in [0.1, 0.15) is 12.0 Å². The third-order valence-electron chi connectivity index (χ3n) is 6.75. The highest BCUT2D eigenvalue weighted by atomic mass is 32.1. The minimum Gasteiger partial charge on any atom is -0.337 e. The molecule has 0 aliphatic carbocycles. The predicted octanol–water partition coefficient (Wildman–Crippen LogP) is 4.70. The van der Waals surface area contributed by atoms with E-state index in [9.17, 15) is 9.59 Å². The van der Waals surface area contributed by atoms with Gasteiger partial charge in [0.2, 0.25) is 0 Å². The summed E-state index contributed by atoms with van der Waals surface area (Å²) in [6, 6.07) is 0. The summed E-state index contributed by atoms with van der Waals surface area (Å²) in [6.45, 7) is 7.33. The fraction of sp³-hybridized carbons (Fsp3) is 0.783. The smallest absolute Gasteiger partial charge is 0.273 e. The Hall–Kier alpha value is -1.27. The van der Waals surface area contributed by atoms with E-state index in [1.54, 1.807) is 11.3 Å². The molecule has 1 aromatic heterocycles. The minimum absolute atomic E-state index is 0.129. The Morgan fingerprint density at radius 2 is 1.83 bits per heavy atom. The van der Waals surface area contributed by atoms with Gasteiger partial charge in [-0.3, -0.25) is 4.79 Å². The highest BCUT2D eigenvalue weighted by Crippen LogP contribution is 2.40. The van der Waals surface area contributed by atoms with E-state index in [1.165, 1.54) is 71.0 Å². The number of rotatable bonds is 10. The van der Waals surface area contributed by atoms with E-state index in [0.717, 1.165) is 43.6 Å². The lowest BCUT2D eigenvalue weighted by Gasteiger charge is -2.47. The van der Waals surface area contributed by atoms with Crippen molar-refractivity contribution in [3.05, 3.63) is 16.1 Å². The molecule has 6 heteroatoms. The number of aromatic nitrogens is 1. The molecule has 5 nitrogen and oxygen atoms in total. The first-order chi connectivity index (χ1) is 14.1. The van der Waals surface area contributed by atoms with E-state index in [2.05, 4.69) is 14.8 Å². The molecule has 3 heterocycles. The van der Waals surface area contributed by atoms with Crippen molar-refractivity contribution in [2.45, 2.75) is 77.6 Å². The molecule has 2 aliphatic rings. The van der Waals surface area contributed by atoms with Crippen LogP contribution in [-0.2, 0) is 4.79 Å². The van der Waals surface area contributed by atoms with Gasteiger partial charge in [-0.2, -0.15) is 0 Å². The molecule has 3 rings (SSSR count). The van der Waals surface area contributed by atoms with Gasteiger partial charge in [0.15, 0.2) is 0 Å². The van der Waals surface area contributed by atoms with Crippen LogP contribution in [-0.4, -0.2) is 59.7 Å². The Morgan fingerprint density at radius 3 is 2.52 bits per heavy atom. The second-order valence-corrected chi connectivity index (χ2v) is 10.1. The first kappa shape index (κ1) is 22.4. The van der Waals surface area contributed by atoms with Gasteiger partial charge in [-0.1, -0.05) is 25.7 Å². The summed E-state index contributed by atoms with van der Waals surface area (Å²) < 4.78 is 0. The number of likely N-dealkylation sites (tertiary alicyclic amines) is 2. The summed E-state index contributed by atoms with van der Waals surface area (Å²) in [5.74, 6) is 0.129. The molecule has 1 amide bonds. The van der Waals surface area contributed by atoms with Crippen LogP contribution in [0.4, 0.5) is 0 Å². The van der Waals surface area contributed by atoms with E-state index < -0.39 is 0 Å². The van der Waals surface area contributed by atoms with E-state index in [0.29, 0.717) is 11.1 Å². The van der Waals surface area contributed by atoms with Crippen molar-refractivity contribution in [3.8, 4) is 0 Å². The van der Waals surface area contributed by atoms with Gasteiger partial charge in [-0.15, -0.1) is 11.3 Å². The van der Waals surface area contributed by atoms with Crippen LogP contribution in [0.3, 0.4) is 0 Å². The Bertz CT molecular complexity index is 652. The van der Waals surface area contributed by atoms with Gasteiger partial charge in [-0.05, 0) is 70.5 Å². The van der Waals surface area contributed by atoms with Crippen molar-refractivity contribution in [1.29, 1.82) is 0 Å². The van der Waals surface area contributed by atoms with Crippen LogP contribution in [0.5, 0.6) is 0 Å². The molecule has 162 valence electrons. The molecule has 0 unspecified atom stereocenters. The van der Waals surface area contributed by atoms with Crippen LogP contribution in [0.25, 0.3) is 0 Å². The SMILES string of the molecule is Cc1nc(C(=O)N2CCCC3(CCN(CCCCCCCCC=O)CC3)C2)cs1. The van der Waals surface area contributed by atoms with Gasteiger partial charge in [0, 0.05) is 24.9 Å². The summed E-state index contributed by atoms with van der Waals surface area (Å²) in [4.78, 5) is 32.2. The minimum atomic E-state index is 0.129. The maximum absolute atomic E-state index is 12.8. The number of piperidine rings is 2. The van der Waals surface area contributed by atoms with Crippen LogP contribution in [0.2, 0.25) is 0 Å². The second kappa shape index (κ2) is 11.2. The molecule has 1 spiro atoms. The number of carbonyl (C=O) groups excluding carboxylic acids is 2. The molecule has 1 aromatic rings. The van der Waals surface area contributed by atoms with Gasteiger partial charge in [-0.25, -0.2) is 4.98 Å². The molecule has 2 fully saturated rings. The molecule has 0 atom stereocenters. The monoisotopic (exact) mass is 419 g/mol. The van der Waals surface area contributed by atoms with Crippen molar-refractivity contribution in [3.63, 3.8) is 0 Å². The number of unbranched alkanes of at least 4 members (excludes halogenated alkanes) is 6. The Kier molecular flexibility index (Phi) is 8.67. The Labute approximate surface area is 179 Å². The van der Waals surface area contributed by atoms with E-state index >= 15 is 0 Å². The van der Waals surface area contributed by atoms with Crippen LogP contribution < -0.4 is 0 Å². The van der Waals surface area contributed by atoms with Crippen LogP contribution in [0, 0.1) is 12.3 Å². The normalized spacial score (nSPS) is 19.6. The fourth-order valence-electron chi connectivity index (χ4n) is 4.93. The quantitative estimate of drug-likeness (QED) is 0.407. The first-order valence-corrected chi connectivity index (χ1v) is 12.4. The number of carbonyl (C=O) groups is 2. The molecule has 2 saturated heterocycles. The lowest BCUT2D eigenvalue weighted by molar-refractivity contribution is -0.107. The van der Waals surface area contributed by atoms with Crippen molar-refractivity contribution >= 4 is 23.5 Å². The molecular formula is C23H37N3O2S.